The lowest BCUT2D eigenvalue weighted by Gasteiger charge is -2.35. The topological polar surface area (TPSA) is 90.0 Å². The van der Waals surface area contributed by atoms with Crippen LogP contribution in [0.5, 0.6) is 0 Å². The Balaban J connectivity index is 2.08. The second-order valence-electron chi connectivity index (χ2n) is 9.94. The van der Waals surface area contributed by atoms with Gasteiger partial charge in [-0.1, -0.05) is 61.0 Å². The third-order valence-electron chi connectivity index (χ3n) is 6.67. The minimum Gasteiger partial charge on any atom is -0.352 e. The minimum atomic E-state index is -4.16. The number of hydrogen-bond donors (Lipinski definition) is 1. The summed E-state index contributed by atoms with van der Waals surface area (Å²) in [4.78, 5) is 29.2. The molecule has 0 aliphatic heterocycles. The van der Waals surface area contributed by atoms with Crippen LogP contribution >= 0.6 is 11.6 Å². The SMILES string of the molecule is CC[C@H](C)NC(=O)[C@@H](Cc1ccccc1)N(Cc1ccc(Cl)cc1)C(=O)CN(c1ccc(F)cc1)S(=O)(=O)N(C)C. The van der Waals surface area contributed by atoms with Crippen molar-refractivity contribution in [2.45, 2.75) is 45.3 Å². The van der Waals surface area contributed by atoms with E-state index in [1.54, 1.807) is 24.3 Å². The number of hydrogen-bond acceptors (Lipinski definition) is 4. The van der Waals surface area contributed by atoms with Crippen molar-refractivity contribution >= 4 is 39.3 Å². The van der Waals surface area contributed by atoms with Gasteiger partial charge >= 0.3 is 10.2 Å². The molecule has 41 heavy (non-hydrogen) atoms. The molecule has 0 aliphatic carbocycles. The Morgan fingerprint density at radius 1 is 0.927 bits per heavy atom. The minimum absolute atomic E-state index is 0.0285. The van der Waals surface area contributed by atoms with Crippen LogP contribution in [0.2, 0.25) is 5.02 Å². The molecule has 0 unspecified atom stereocenters. The Kier molecular flexibility index (Phi) is 11.3. The molecule has 2 atom stereocenters. The molecule has 0 saturated carbocycles. The molecule has 3 rings (SSSR count). The molecule has 1 N–H and O–H groups in total. The fourth-order valence-electron chi connectivity index (χ4n) is 4.11. The molecule has 0 spiro atoms. The monoisotopic (exact) mass is 602 g/mol. The summed E-state index contributed by atoms with van der Waals surface area (Å²) in [5.41, 5.74) is 1.66. The lowest BCUT2D eigenvalue weighted by molar-refractivity contribution is -0.140. The van der Waals surface area contributed by atoms with Crippen molar-refractivity contribution in [3.63, 3.8) is 0 Å². The van der Waals surface area contributed by atoms with Crippen LogP contribution in [0, 0.1) is 5.82 Å². The fraction of sp³-hybridized carbons (Fsp3) is 0.333. The van der Waals surface area contributed by atoms with Crippen LogP contribution in [0.1, 0.15) is 31.4 Å². The third-order valence-corrected chi connectivity index (χ3v) is 8.74. The number of carbonyl (C=O) groups excluding carboxylic acids is 2. The summed E-state index contributed by atoms with van der Waals surface area (Å²) >= 11 is 6.08. The van der Waals surface area contributed by atoms with Crippen molar-refractivity contribution in [2.24, 2.45) is 0 Å². The zero-order valence-electron chi connectivity index (χ0n) is 23.6. The number of benzene rings is 3. The van der Waals surface area contributed by atoms with Gasteiger partial charge in [-0.15, -0.1) is 0 Å². The van der Waals surface area contributed by atoms with Crippen LogP contribution < -0.4 is 9.62 Å². The van der Waals surface area contributed by atoms with Crippen molar-refractivity contribution in [1.29, 1.82) is 0 Å². The van der Waals surface area contributed by atoms with Gasteiger partial charge < -0.3 is 10.2 Å². The largest absolute Gasteiger partial charge is 0.352 e. The summed E-state index contributed by atoms with van der Waals surface area (Å²) in [6.07, 6.45) is 0.897. The Hall–Kier alpha value is -3.47. The van der Waals surface area contributed by atoms with Gasteiger partial charge in [0.15, 0.2) is 0 Å². The van der Waals surface area contributed by atoms with Crippen molar-refractivity contribution < 1.29 is 22.4 Å². The van der Waals surface area contributed by atoms with Gasteiger partial charge in [-0.05, 0) is 60.9 Å². The highest BCUT2D eigenvalue weighted by Crippen LogP contribution is 2.22. The van der Waals surface area contributed by atoms with E-state index in [9.17, 15) is 22.4 Å². The molecule has 220 valence electrons. The standard InChI is InChI=1S/C30H36ClFN4O4S/c1-5-22(2)33-30(38)28(19-23-9-7-6-8-10-23)35(20-24-11-13-25(31)14-12-24)29(37)21-36(41(39,40)34(3)4)27-17-15-26(32)16-18-27/h6-18,22,28H,5,19-21H2,1-4H3,(H,33,38)/t22-,28+/m0/s1. The van der Waals surface area contributed by atoms with E-state index in [1.165, 1.54) is 31.1 Å². The number of nitrogens with zero attached hydrogens (tertiary/aromatic N) is 3. The van der Waals surface area contributed by atoms with Crippen molar-refractivity contribution in [3.05, 3.63) is 101 Å². The van der Waals surface area contributed by atoms with Gasteiger partial charge in [0.2, 0.25) is 11.8 Å². The van der Waals surface area contributed by atoms with E-state index in [0.29, 0.717) is 17.0 Å². The highest BCUT2D eigenvalue weighted by molar-refractivity contribution is 7.90. The van der Waals surface area contributed by atoms with E-state index in [1.807, 2.05) is 44.2 Å². The molecule has 0 aliphatic rings. The maximum atomic E-state index is 14.1. The van der Waals surface area contributed by atoms with Gasteiger partial charge in [0, 0.05) is 38.1 Å². The van der Waals surface area contributed by atoms with Crippen LogP contribution in [0.4, 0.5) is 10.1 Å². The zero-order valence-corrected chi connectivity index (χ0v) is 25.2. The molecule has 3 aromatic rings. The van der Waals surface area contributed by atoms with Gasteiger partial charge in [0.05, 0.1) is 5.69 Å². The third kappa shape index (κ3) is 8.76. The smallest absolute Gasteiger partial charge is 0.304 e. The second-order valence-corrected chi connectivity index (χ2v) is 12.4. The first-order valence-electron chi connectivity index (χ1n) is 13.3. The molecule has 0 heterocycles. The number of carbonyl (C=O) groups is 2. The highest BCUT2D eigenvalue weighted by Gasteiger charge is 2.35. The lowest BCUT2D eigenvalue weighted by atomic mass is 10.0. The zero-order chi connectivity index (χ0) is 30.2. The molecule has 0 saturated heterocycles. The van der Waals surface area contributed by atoms with Crippen molar-refractivity contribution in [2.75, 3.05) is 24.9 Å². The predicted molar refractivity (Wildman–Crippen MR) is 160 cm³/mol. The first-order chi connectivity index (χ1) is 19.4. The maximum absolute atomic E-state index is 14.1. The number of anilines is 1. The van der Waals surface area contributed by atoms with E-state index in [-0.39, 0.29) is 30.6 Å². The number of rotatable bonds is 13. The average molecular weight is 603 g/mol. The average Bonchev–Trinajstić information content (AvgIpc) is 2.95. The van der Waals surface area contributed by atoms with Gasteiger partial charge in [0.1, 0.15) is 18.4 Å². The number of halogens is 2. The van der Waals surface area contributed by atoms with Gasteiger partial charge in [-0.3, -0.25) is 9.59 Å². The van der Waals surface area contributed by atoms with E-state index in [2.05, 4.69) is 5.32 Å². The molecular formula is C30H36ClFN4O4S. The lowest BCUT2D eigenvalue weighted by Crippen LogP contribution is -2.55. The van der Waals surface area contributed by atoms with E-state index < -0.39 is 34.5 Å². The maximum Gasteiger partial charge on any atom is 0.304 e. The fourth-order valence-corrected chi connectivity index (χ4v) is 5.29. The molecule has 0 radical (unpaired) electrons. The highest BCUT2D eigenvalue weighted by atomic mass is 35.5. The molecular weight excluding hydrogens is 567 g/mol. The molecule has 11 heteroatoms. The summed E-state index contributed by atoms with van der Waals surface area (Å²) in [6, 6.07) is 19.9. The summed E-state index contributed by atoms with van der Waals surface area (Å²) in [5.74, 6) is -1.50. The Bertz CT molecular complexity index is 1400. The molecule has 3 aromatic carbocycles. The Morgan fingerprint density at radius 2 is 1.54 bits per heavy atom. The molecule has 8 nitrogen and oxygen atoms in total. The summed E-state index contributed by atoms with van der Waals surface area (Å²) in [7, 11) is -1.47. The van der Waals surface area contributed by atoms with Crippen LogP contribution in [-0.2, 0) is 32.8 Å². The second kappa shape index (κ2) is 14.4. The van der Waals surface area contributed by atoms with Crippen LogP contribution in [-0.4, -0.2) is 62.2 Å². The quantitative estimate of drug-likeness (QED) is 0.308. The van der Waals surface area contributed by atoms with Crippen LogP contribution in [0.3, 0.4) is 0 Å². The van der Waals surface area contributed by atoms with E-state index in [4.69, 9.17) is 11.6 Å². The normalized spacial score (nSPS) is 13.0. The van der Waals surface area contributed by atoms with Gasteiger partial charge in [-0.2, -0.15) is 12.7 Å². The van der Waals surface area contributed by atoms with Crippen LogP contribution in [0.15, 0.2) is 78.9 Å². The molecule has 0 aromatic heterocycles. The number of amides is 2. The van der Waals surface area contributed by atoms with E-state index in [0.717, 1.165) is 26.3 Å². The van der Waals surface area contributed by atoms with Crippen molar-refractivity contribution in [1.82, 2.24) is 14.5 Å². The van der Waals surface area contributed by atoms with E-state index >= 15 is 0 Å². The Labute approximate surface area is 246 Å². The van der Waals surface area contributed by atoms with Gasteiger partial charge in [0.25, 0.3) is 0 Å². The molecule has 2 amide bonds. The Morgan fingerprint density at radius 3 is 2.10 bits per heavy atom. The van der Waals surface area contributed by atoms with Crippen molar-refractivity contribution in [3.8, 4) is 0 Å². The molecule has 0 fully saturated rings. The first kappa shape index (κ1) is 32.0. The van der Waals surface area contributed by atoms with Crippen LogP contribution in [0.25, 0.3) is 0 Å². The number of nitrogens with one attached hydrogen (secondary N) is 1. The summed E-state index contributed by atoms with van der Waals surface area (Å²) in [5, 5.41) is 3.50. The molecule has 0 bridgehead atoms. The first-order valence-corrected chi connectivity index (χ1v) is 15.0. The predicted octanol–water partition coefficient (Wildman–Crippen LogP) is 4.65. The summed E-state index contributed by atoms with van der Waals surface area (Å²) < 4.78 is 42.3. The van der Waals surface area contributed by atoms with Gasteiger partial charge in [-0.25, -0.2) is 8.70 Å². The summed E-state index contributed by atoms with van der Waals surface area (Å²) in [6.45, 7) is 3.24.